The van der Waals surface area contributed by atoms with Crippen molar-refractivity contribution >= 4 is 11.8 Å². The lowest BCUT2D eigenvalue weighted by Gasteiger charge is -2.37. The van der Waals surface area contributed by atoms with Gasteiger partial charge in [0, 0.05) is 24.0 Å². The molecule has 24 heavy (non-hydrogen) atoms. The fraction of sp³-hybridized carbons (Fsp3) is 0.444. The van der Waals surface area contributed by atoms with Gasteiger partial charge in [0.15, 0.2) is 5.78 Å². The van der Waals surface area contributed by atoms with Gasteiger partial charge in [0.2, 0.25) is 5.88 Å². The number of ether oxygens (including phenoxy) is 2. The number of rotatable bonds is 3. The number of allylic oxidation sites excluding steroid dienone is 2. The highest BCUT2D eigenvalue weighted by Gasteiger charge is 2.45. The van der Waals surface area contributed by atoms with Crippen LogP contribution in [0.25, 0.3) is 0 Å². The van der Waals surface area contributed by atoms with Crippen LogP contribution in [-0.2, 0) is 19.1 Å². The van der Waals surface area contributed by atoms with Crippen LogP contribution in [0.1, 0.15) is 45.1 Å². The van der Waals surface area contributed by atoms with Crippen LogP contribution in [0.4, 0.5) is 0 Å². The van der Waals surface area contributed by atoms with E-state index in [1.165, 1.54) is 12.5 Å². The van der Waals surface area contributed by atoms with Gasteiger partial charge < -0.3 is 19.6 Å². The molecule has 0 aromatic carbocycles. The molecule has 3 rings (SSSR count). The second-order valence-electron chi connectivity index (χ2n) is 6.87. The van der Waals surface area contributed by atoms with Crippen LogP contribution in [-0.4, -0.2) is 18.4 Å². The maximum Gasteiger partial charge on any atom is 0.340 e. The maximum atomic E-state index is 12.8. The maximum absolute atomic E-state index is 12.8. The van der Waals surface area contributed by atoms with E-state index >= 15 is 0 Å². The zero-order valence-corrected chi connectivity index (χ0v) is 14.0. The Kier molecular flexibility index (Phi) is 3.99. The predicted octanol–water partition coefficient (Wildman–Crippen LogP) is 2.77. The molecule has 2 heterocycles. The quantitative estimate of drug-likeness (QED) is 0.856. The van der Waals surface area contributed by atoms with Crippen LogP contribution in [0.3, 0.4) is 0 Å². The minimum absolute atomic E-state index is 0.0103. The second-order valence-corrected chi connectivity index (χ2v) is 6.87. The fourth-order valence-electron chi connectivity index (χ4n) is 3.36. The topological polar surface area (TPSA) is 91.8 Å². The number of carbonyl (C=O) groups is 2. The summed E-state index contributed by atoms with van der Waals surface area (Å²) < 4.78 is 16.0. The van der Waals surface area contributed by atoms with Crippen molar-refractivity contribution in [1.82, 2.24) is 0 Å². The number of Topliss-reactive ketones (excluding diaryl/α,β-unsaturated/α-hetero) is 1. The summed E-state index contributed by atoms with van der Waals surface area (Å²) in [6, 6.07) is 1.72. The van der Waals surface area contributed by atoms with Gasteiger partial charge in [-0.15, -0.1) is 0 Å². The van der Waals surface area contributed by atoms with Crippen molar-refractivity contribution in [3.05, 3.63) is 46.9 Å². The zero-order valence-electron chi connectivity index (χ0n) is 14.0. The largest absolute Gasteiger partial charge is 0.472 e. The molecule has 0 unspecified atom stereocenters. The molecule has 1 aromatic rings. The molecule has 1 atom stereocenters. The summed E-state index contributed by atoms with van der Waals surface area (Å²) in [5.41, 5.74) is 7.14. The zero-order chi connectivity index (χ0) is 17.5. The van der Waals surface area contributed by atoms with E-state index in [1.54, 1.807) is 13.0 Å². The van der Waals surface area contributed by atoms with Crippen LogP contribution in [0.15, 0.2) is 45.8 Å². The average molecular weight is 331 g/mol. The van der Waals surface area contributed by atoms with Crippen LogP contribution in [0, 0.1) is 5.41 Å². The third-order valence-corrected chi connectivity index (χ3v) is 4.33. The molecule has 0 saturated carbocycles. The van der Waals surface area contributed by atoms with Crippen molar-refractivity contribution < 1.29 is 23.5 Å². The highest BCUT2D eigenvalue weighted by Crippen LogP contribution is 2.48. The van der Waals surface area contributed by atoms with E-state index in [0.717, 1.165) is 0 Å². The molecule has 0 radical (unpaired) electrons. The summed E-state index contributed by atoms with van der Waals surface area (Å²) in [6.45, 7) is 5.93. The second kappa shape index (κ2) is 5.85. The summed E-state index contributed by atoms with van der Waals surface area (Å²) in [5.74, 6) is -0.709. The summed E-state index contributed by atoms with van der Waals surface area (Å²) >= 11 is 0. The summed E-state index contributed by atoms with van der Waals surface area (Å²) in [7, 11) is 0. The molecule has 6 nitrogen and oxygen atoms in total. The van der Waals surface area contributed by atoms with Crippen molar-refractivity contribution in [2.75, 3.05) is 6.61 Å². The predicted molar refractivity (Wildman–Crippen MR) is 85.4 cm³/mol. The first kappa shape index (κ1) is 16.4. The number of esters is 1. The van der Waals surface area contributed by atoms with Crippen molar-refractivity contribution in [2.45, 2.75) is 39.5 Å². The molecular weight excluding hydrogens is 310 g/mol. The normalized spacial score (nSPS) is 23.0. The molecular formula is C18H21NO5. The molecule has 1 aliphatic carbocycles. The third kappa shape index (κ3) is 2.72. The minimum atomic E-state index is -0.616. The molecule has 0 spiro atoms. The van der Waals surface area contributed by atoms with Gasteiger partial charge in [0.1, 0.15) is 11.3 Å². The van der Waals surface area contributed by atoms with Crippen molar-refractivity contribution in [1.29, 1.82) is 0 Å². The number of nitrogens with two attached hydrogens (primary N) is 1. The van der Waals surface area contributed by atoms with Crippen LogP contribution < -0.4 is 5.73 Å². The van der Waals surface area contributed by atoms with Crippen molar-refractivity contribution in [2.24, 2.45) is 11.1 Å². The molecule has 1 aliphatic heterocycles. The number of hydrogen-bond donors (Lipinski definition) is 1. The van der Waals surface area contributed by atoms with Crippen LogP contribution in [0.5, 0.6) is 0 Å². The molecule has 2 N–H and O–H groups in total. The number of hydrogen-bond acceptors (Lipinski definition) is 6. The van der Waals surface area contributed by atoms with Gasteiger partial charge in [-0.25, -0.2) is 4.79 Å². The first-order valence-corrected chi connectivity index (χ1v) is 7.97. The number of carbonyl (C=O) groups excluding carboxylic acids is 2. The lowest BCUT2D eigenvalue weighted by atomic mass is 9.70. The van der Waals surface area contributed by atoms with Crippen LogP contribution in [0.2, 0.25) is 0 Å². The Balaban J connectivity index is 2.14. The van der Waals surface area contributed by atoms with E-state index in [4.69, 9.17) is 19.6 Å². The monoisotopic (exact) mass is 331 g/mol. The van der Waals surface area contributed by atoms with E-state index in [1.807, 2.05) is 13.8 Å². The Morgan fingerprint density at radius 1 is 1.42 bits per heavy atom. The SMILES string of the molecule is CCOC(=O)C1=C(N)OC2=C(C(=O)CC(C)(C)C2)[C@H]1c1ccoc1. The molecule has 0 fully saturated rings. The van der Waals surface area contributed by atoms with Gasteiger partial charge in [0.25, 0.3) is 0 Å². The van der Waals surface area contributed by atoms with E-state index in [-0.39, 0.29) is 29.3 Å². The van der Waals surface area contributed by atoms with Gasteiger partial charge in [-0.1, -0.05) is 13.8 Å². The van der Waals surface area contributed by atoms with Gasteiger partial charge >= 0.3 is 5.97 Å². The number of furan rings is 1. The molecule has 0 bridgehead atoms. The van der Waals surface area contributed by atoms with Crippen LogP contribution >= 0.6 is 0 Å². The first-order valence-electron chi connectivity index (χ1n) is 7.97. The molecule has 1 aromatic heterocycles. The van der Waals surface area contributed by atoms with Gasteiger partial charge in [0.05, 0.1) is 25.1 Å². The average Bonchev–Trinajstić information content (AvgIpc) is 2.98. The van der Waals surface area contributed by atoms with Gasteiger partial charge in [-0.05, 0) is 18.4 Å². The Morgan fingerprint density at radius 2 is 2.17 bits per heavy atom. The lowest BCUT2D eigenvalue weighted by Crippen LogP contribution is -2.35. The lowest BCUT2D eigenvalue weighted by molar-refractivity contribution is -0.139. The standard InChI is InChI=1S/C18H21NO5/c1-4-23-17(21)15-13(10-5-6-22-9-10)14-11(20)7-18(2,3)8-12(14)24-16(15)19/h5-6,9,13H,4,7-8,19H2,1-3H3/t13-/m1/s1. The molecule has 0 amide bonds. The molecule has 128 valence electrons. The summed E-state index contributed by atoms with van der Waals surface area (Å²) in [4.78, 5) is 25.2. The smallest absolute Gasteiger partial charge is 0.340 e. The highest BCUT2D eigenvalue weighted by atomic mass is 16.5. The van der Waals surface area contributed by atoms with Gasteiger partial charge in [-0.2, -0.15) is 0 Å². The highest BCUT2D eigenvalue weighted by molar-refractivity contribution is 6.03. The molecule has 0 saturated heterocycles. The van der Waals surface area contributed by atoms with Crippen molar-refractivity contribution in [3.63, 3.8) is 0 Å². The van der Waals surface area contributed by atoms with Crippen molar-refractivity contribution in [3.8, 4) is 0 Å². The first-order chi connectivity index (χ1) is 11.3. The van der Waals surface area contributed by atoms with E-state index in [9.17, 15) is 9.59 Å². The Labute approximate surface area is 140 Å². The number of ketones is 1. The minimum Gasteiger partial charge on any atom is -0.472 e. The Hall–Kier alpha value is -2.50. The Morgan fingerprint density at radius 3 is 2.79 bits per heavy atom. The van der Waals surface area contributed by atoms with E-state index < -0.39 is 11.9 Å². The molecule has 6 heteroatoms. The summed E-state index contributed by atoms with van der Waals surface area (Å²) in [6.07, 6.45) is 3.99. The Bertz CT molecular complexity index is 739. The van der Waals surface area contributed by atoms with E-state index in [0.29, 0.717) is 29.7 Å². The van der Waals surface area contributed by atoms with E-state index in [2.05, 4.69) is 0 Å². The molecule has 2 aliphatic rings. The summed E-state index contributed by atoms with van der Waals surface area (Å²) in [5, 5.41) is 0. The van der Waals surface area contributed by atoms with Gasteiger partial charge in [-0.3, -0.25) is 4.79 Å². The fourth-order valence-corrected chi connectivity index (χ4v) is 3.36. The third-order valence-electron chi connectivity index (χ3n) is 4.33.